The van der Waals surface area contributed by atoms with Crippen LogP contribution in [0, 0.1) is 18.3 Å². The van der Waals surface area contributed by atoms with Crippen molar-refractivity contribution >= 4 is 17.7 Å². The average molecular weight is 354 g/mol. The quantitative estimate of drug-likeness (QED) is 0.887. The Bertz CT molecular complexity index is 845. The van der Waals surface area contributed by atoms with E-state index in [-0.39, 0.29) is 11.9 Å². The predicted molar refractivity (Wildman–Crippen MR) is 96.3 cm³/mol. The maximum atomic E-state index is 12.6. The molecule has 0 radical (unpaired) electrons. The van der Waals surface area contributed by atoms with Gasteiger partial charge >= 0.3 is 12.0 Å². The van der Waals surface area contributed by atoms with Crippen molar-refractivity contribution in [2.75, 3.05) is 18.4 Å². The summed E-state index contributed by atoms with van der Waals surface area (Å²) in [4.78, 5) is 26.0. The number of urea groups is 1. The Kier molecular flexibility index (Phi) is 3.94. The predicted octanol–water partition coefficient (Wildman–Crippen LogP) is 2.90. The Morgan fingerprint density at radius 2 is 2.04 bits per heavy atom. The van der Waals surface area contributed by atoms with Gasteiger partial charge in [0.25, 0.3) is 0 Å². The third-order valence-corrected chi connectivity index (χ3v) is 5.69. The highest BCUT2D eigenvalue weighted by Gasteiger charge is 2.55. The van der Waals surface area contributed by atoms with Gasteiger partial charge in [-0.2, -0.15) is 5.10 Å². The van der Waals surface area contributed by atoms with Crippen molar-refractivity contribution < 1.29 is 14.7 Å². The van der Waals surface area contributed by atoms with Crippen LogP contribution in [-0.2, 0) is 4.79 Å². The smallest absolute Gasteiger partial charge is 0.321 e. The molecule has 2 N–H and O–H groups in total. The largest absolute Gasteiger partial charge is 0.481 e. The van der Waals surface area contributed by atoms with Crippen molar-refractivity contribution in [1.82, 2.24) is 14.7 Å². The van der Waals surface area contributed by atoms with E-state index in [4.69, 9.17) is 0 Å². The first-order chi connectivity index (χ1) is 12.5. The molecule has 2 aliphatic rings. The van der Waals surface area contributed by atoms with Gasteiger partial charge in [0.1, 0.15) is 0 Å². The van der Waals surface area contributed by atoms with Gasteiger partial charge in [0.05, 0.1) is 16.8 Å². The van der Waals surface area contributed by atoms with Crippen molar-refractivity contribution in [1.29, 1.82) is 0 Å². The Hall–Kier alpha value is -2.83. The van der Waals surface area contributed by atoms with Gasteiger partial charge in [-0.25, -0.2) is 9.48 Å². The highest BCUT2D eigenvalue weighted by Crippen LogP contribution is 2.48. The zero-order chi connectivity index (χ0) is 18.3. The highest BCUT2D eigenvalue weighted by atomic mass is 16.4. The zero-order valence-electron chi connectivity index (χ0n) is 14.7. The second-order valence-electron chi connectivity index (χ2n) is 7.31. The molecule has 2 atom stereocenters. The van der Waals surface area contributed by atoms with Crippen molar-refractivity contribution in [3.63, 3.8) is 0 Å². The molecule has 1 aliphatic carbocycles. The second-order valence-corrected chi connectivity index (χ2v) is 7.31. The summed E-state index contributed by atoms with van der Waals surface area (Å²) in [5.74, 6) is -0.703. The van der Waals surface area contributed by atoms with E-state index in [2.05, 4.69) is 10.4 Å². The van der Waals surface area contributed by atoms with Crippen molar-refractivity contribution in [2.24, 2.45) is 11.3 Å². The summed E-state index contributed by atoms with van der Waals surface area (Å²) >= 11 is 0. The summed E-state index contributed by atoms with van der Waals surface area (Å²) in [6, 6.07) is 9.13. The molecule has 2 heterocycles. The van der Waals surface area contributed by atoms with Gasteiger partial charge < -0.3 is 15.3 Å². The summed E-state index contributed by atoms with van der Waals surface area (Å²) < 4.78 is 1.78. The number of aliphatic carboxylic acids is 1. The number of carboxylic acids is 1. The lowest BCUT2D eigenvalue weighted by atomic mass is 9.81. The summed E-state index contributed by atoms with van der Waals surface area (Å²) in [6.07, 6.45) is 4.36. The fourth-order valence-corrected chi connectivity index (χ4v) is 4.25. The molecular weight excluding hydrogens is 332 g/mol. The molecular formula is C19H22N4O3. The van der Waals surface area contributed by atoms with E-state index in [1.165, 1.54) is 0 Å². The topological polar surface area (TPSA) is 87.5 Å². The molecule has 26 heavy (non-hydrogen) atoms. The molecule has 4 rings (SSSR count). The highest BCUT2D eigenvalue weighted by molar-refractivity contribution is 5.90. The number of aromatic nitrogens is 2. The van der Waals surface area contributed by atoms with Crippen LogP contribution < -0.4 is 5.32 Å². The number of carbonyl (C=O) groups is 2. The first kappa shape index (κ1) is 16.6. The van der Waals surface area contributed by atoms with E-state index in [0.29, 0.717) is 25.2 Å². The van der Waals surface area contributed by atoms with E-state index < -0.39 is 11.4 Å². The Morgan fingerprint density at radius 3 is 2.65 bits per heavy atom. The van der Waals surface area contributed by atoms with Crippen LogP contribution in [-0.4, -0.2) is 44.9 Å². The first-order valence-electron chi connectivity index (χ1n) is 8.90. The maximum absolute atomic E-state index is 12.6. The maximum Gasteiger partial charge on any atom is 0.321 e. The molecule has 7 heteroatoms. The Labute approximate surface area is 151 Å². The molecule has 2 aromatic rings. The van der Waals surface area contributed by atoms with Crippen LogP contribution in [0.15, 0.2) is 36.5 Å². The Balaban J connectivity index is 1.43. The number of hydrogen-bond acceptors (Lipinski definition) is 3. The van der Waals surface area contributed by atoms with E-state index in [1.54, 1.807) is 9.58 Å². The third kappa shape index (κ3) is 2.73. The normalized spacial score (nSPS) is 24.5. The number of likely N-dealkylation sites (tertiary alicyclic amines) is 1. The summed E-state index contributed by atoms with van der Waals surface area (Å²) in [6.45, 7) is 2.74. The minimum absolute atomic E-state index is 0.0659. The second kappa shape index (κ2) is 6.16. The number of nitrogens with zero attached hydrogens (tertiary/aromatic N) is 3. The van der Waals surface area contributed by atoms with Gasteiger partial charge in [-0.05, 0) is 56.0 Å². The van der Waals surface area contributed by atoms with E-state index >= 15 is 0 Å². The minimum Gasteiger partial charge on any atom is -0.481 e. The standard InChI is InChI=1S/C19H22N4O3/c1-13-8-10-23(21-13)16-6-4-15(5-7-16)20-18(26)22-11-14-3-2-9-19(14,12-22)17(24)25/h4-8,10,14H,2-3,9,11-12H2,1H3,(H,20,26)(H,24,25)/t14-,19+/m0/s1. The minimum atomic E-state index is -0.769. The number of benzene rings is 1. The molecule has 0 unspecified atom stereocenters. The molecule has 7 nitrogen and oxygen atoms in total. The molecule has 1 aromatic carbocycles. The lowest BCUT2D eigenvalue weighted by Crippen LogP contribution is -2.38. The lowest BCUT2D eigenvalue weighted by molar-refractivity contribution is -0.149. The van der Waals surface area contributed by atoms with Crippen LogP contribution in [0.3, 0.4) is 0 Å². The number of fused-ring (bicyclic) bond motifs is 1. The zero-order valence-corrected chi connectivity index (χ0v) is 14.7. The molecule has 1 saturated heterocycles. The van der Waals surface area contributed by atoms with Crippen LogP contribution in [0.1, 0.15) is 25.0 Å². The van der Waals surface area contributed by atoms with Gasteiger partial charge in [0.2, 0.25) is 0 Å². The van der Waals surface area contributed by atoms with Crippen LogP contribution in [0.2, 0.25) is 0 Å². The fraction of sp³-hybridized carbons (Fsp3) is 0.421. The average Bonchev–Trinajstić information content (AvgIpc) is 3.29. The molecule has 2 amide bonds. The molecule has 0 bridgehead atoms. The number of amides is 2. The number of anilines is 1. The molecule has 2 fully saturated rings. The summed E-state index contributed by atoms with van der Waals surface area (Å²) in [5.41, 5.74) is 1.79. The van der Waals surface area contributed by atoms with Crippen LogP contribution >= 0.6 is 0 Å². The molecule has 136 valence electrons. The van der Waals surface area contributed by atoms with Crippen LogP contribution in [0.4, 0.5) is 10.5 Å². The van der Waals surface area contributed by atoms with Crippen molar-refractivity contribution in [3.8, 4) is 5.69 Å². The van der Waals surface area contributed by atoms with E-state index in [1.807, 2.05) is 43.5 Å². The first-order valence-corrected chi connectivity index (χ1v) is 8.90. The van der Waals surface area contributed by atoms with Crippen molar-refractivity contribution in [2.45, 2.75) is 26.2 Å². The fourth-order valence-electron chi connectivity index (χ4n) is 4.25. The van der Waals surface area contributed by atoms with Crippen LogP contribution in [0.25, 0.3) is 5.69 Å². The molecule has 1 saturated carbocycles. The number of rotatable bonds is 3. The lowest BCUT2D eigenvalue weighted by Gasteiger charge is -2.23. The van der Waals surface area contributed by atoms with Gasteiger partial charge in [0, 0.05) is 25.0 Å². The molecule has 1 aromatic heterocycles. The molecule has 1 aliphatic heterocycles. The number of nitrogens with one attached hydrogen (secondary N) is 1. The number of carboxylic acid groups (broad SMARTS) is 1. The number of aryl methyl sites for hydroxylation is 1. The van der Waals surface area contributed by atoms with Gasteiger partial charge in [0.15, 0.2) is 0 Å². The third-order valence-electron chi connectivity index (χ3n) is 5.69. The summed E-state index contributed by atoms with van der Waals surface area (Å²) in [7, 11) is 0. The van der Waals surface area contributed by atoms with E-state index in [9.17, 15) is 14.7 Å². The number of carbonyl (C=O) groups excluding carboxylic acids is 1. The summed E-state index contributed by atoms with van der Waals surface area (Å²) in [5, 5.41) is 16.9. The van der Waals surface area contributed by atoms with Gasteiger partial charge in [-0.15, -0.1) is 0 Å². The van der Waals surface area contributed by atoms with Crippen molar-refractivity contribution in [3.05, 3.63) is 42.2 Å². The Morgan fingerprint density at radius 1 is 1.27 bits per heavy atom. The molecule has 0 spiro atoms. The van der Waals surface area contributed by atoms with Gasteiger partial charge in [-0.3, -0.25) is 4.79 Å². The van der Waals surface area contributed by atoms with E-state index in [0.717, 1.165) is 24.2 Å². The monoisotopic (exact) mass is 354 g/mol. The SMILES string of the molecule is Cc1ccn(-c2ccc(NC(=O)N3C[C@@H]4CCC[C@@]4(C(=O)O)C3)cc2)n1. The van der Waals surface area contributed by atoms with Crippen LogP contribution in [0.5, 0.6) is 0 Å². The van der Waals surface area contributed by atoms with Gasteiger partial charge in [-0.1, -0.05) is 6.42 Å². The number of hydrogen-bond donors (Lipinski definition) is 2.